The Hall–Kier alpha value is -1.000. The molecule has 0 saturated carbocycles. The lowest BCUT2D eigenvalue weighted by atomic mass is 10.2. The van der Waals surface area contributed by atoms with Gasteiger partial charge in [0.25, 0.3) is 0 Å². The molecule has 2 nitrogen and oxygen atoms in total. The Morgan fingerprint density at radius 3 is 2.70 bits per heavy atom. The Bertz CT molecular complexity index is 575. The molecule has 20 heavy (non-hydrogen) atoms. The Balaban J connectivity index is 1.72. The smallest absolute Gasteiger partial charge is 0.0702 e. The van der Waals surface area contributed by atoms with Gasteiger partial charge < -0.3 is 10.2 Å². The average Bonchev–Trinajstić information content (AvgIpc) is 3.10. The Morgan fingerprint density at radius 2 is 2.00 bits per heavy atom. The van der Waals surface area contributed by atoms with Crippen LogP contribution in [0.25, 0.3) is 0 Å². The molecule has 1 N–H and O–H groups in total. The molecule has 1 aromatic heterocycles. The summed E-state index contributed by atoms with van der Waals surface area (Å²) < 4.78 is 1.19. The highest BCUT2D eigenvalue weighted by Crippen LogP contribution is 2.30. The van der Waals surface area contributed by atoms with Gasteiger partial charge in [0.15, 0.2) is 0 Å². The maximum atomic E-state index is 3.60. The van der Waals surface area contributed by atoms with E-state index in [0.29, 0.717) is 6.04 Å². The number of rotatable bonds is 4. The van der Waals surface area contributed by atoms with Crippen LogP contribution in [0.4, 0.5) is 11.4 Å². The maximum absolute atomic E-state index is 3.60. The number of halogens is 1. The molecular formula is C16H19BrN2S. The van der Waals surface area contributed by atoms with Gasteiger partial charge in [-0.2, -0.15) is 0 Å². The van der Waals surface area contributed by atoms with Crippen molar-refractivity contribution >= 4 is 38.6 Å². The average molecular weight is 351 g/mol. The first-order valence-electron chi connectivity index (χ1n) is 7.09. The van der Waals surface area contributed by atoms with E-state index >= 15 is 0 Å². The van der Waals surface area contributed by atoms with Gasteiger partial charge in [-0.15, -0.1) is 11.3 Å². The summed E-state index contributed by atoms with van der Waals surface area (Å²) in [4.78, 5) is 3.82. The molecule has 1 aromatic carbocycles. The van der Waals surface area contributed by atoms with Crippen molar-refractivity contribution in [1.29, 1.82) is 0 Å². The first kappa shape index (κ1) is 14.0. The van der Waals surface area contributed by atoms with Gasteiger partial charge in [-0.1, -0.05) is 6.07 Å². The van der Waals surface area contributed by atoms with E-state index in [0.717, 1.165) is 0 Å². The van der Waals surface area contributed by atoms with Crippen LogP contribution in [0, 0.1) is 0 Å². The Kier molecular flexibility index (Phi) is 4.32. The van der Waals surface area contributed by atoms with Crippen LogP contribution in [0.2, 0.25) is 0 Å². The number of thiophene rings is 1. The zero-order valence-corrected chi connectivity index (χ0v) is 14.0. The molecule has 4 heteroatoms. The largest absolute Gasteiger partial charge is 0.378 e. The highest BCUT2D eigenvalue weighted by atomic mass is 79.9. The molecule has 3 rings (SSSR count). The second-order valence-corrected chi connectivity index (χ2v) is 7.75. The van der Waals surface area contributed by atoms with Crippen LogP contribution in [0.1, 0.15) is 30.7 Å². The highest BCUT2D eigenvalue weighted by Gasteiger charge is 2.13. The van der Waals surface area contributed by atoms with Crippen molar-refractivity contribution in [2.24, 2.45) is 0 Å². The van der Waals surface area contributed by atoms with E-state index in [1.165, 1.54) is 46.0 Å². The van der Waals surface area contributed by atoms with Gasteiger partial charge in [0.2, 0.25) is 0 Å². The lowest BCUT2D eigenvalue weighted by Crippen LogP contribution is -2.17. The summed E-state index contributed by atoms with van der Waals surface area (Å²) in [6.45, 7) is 4.59. The Labute approximate surface area is 132 Å². The van der Waals surface area contributed by atoms with Crippen molar-refractivity contribution in [3.05, 3.63) is 45.1 Å². The predicted octanol–water partition coefficient (Wildman–Crippen LogP) is 5.28. The summed E-state index contributed by atoms with van der Waals surface area (Å²) in [6.07, 6.45) is 2.63. The van der Waals surface area contributed by atoms with E-state index in [1.807, 2.05) is 0 Å². The fourth-order valence-corrected chi connectivity index (χ4v) is 4.08. The van der Waals surface area contributed by atoms with Crippen molar-refractivity contribution in [1.82, 2.24) is 0 Å². The van der Waals surface area contributed by atoms with E-state index in [-0.39, 0.29) is 0 Å². The topological polar surface area (TPSA) is 15.3 Å². The van der Waals surface area contributed by atoms with E-state index < -0.39 is 0 Å². The maximum Gasteiger partial charge on any atom is 0.0702 e. The van der Waals surface area contributed by atoms with Crippen LogP contribution >= 0.6 is 27.3 Å². The van der Waals surface area contributed by atoms with E-state index in [1.54, 1.807) is 11.3 Å². The number of hydrogen-bond acceptors (Lipinski definition) is 3. The van der Waals surface area contributed by atoms with Gasteiger partial charge in [-0.25, -0.2) is 0 Å². The fourth-order valence-electron chi connectivity index (χ4n) is 2.65. The highest BCUT2D eigenvalue weighted by molar-refractivity contribution is 9.11. The SMILES string of the molecule is CC(Nc1cccc(N2CCCC2)c1)c1ccc(Br)s1. The van der Waals surface area contributed by atoms with Crippen LogP contribution < -0.4 is 10.2 Å². The molecule has 1 saturated heterocycles. The second-order valence-electron chi connectivity index (χ2n) is 5.25. The number of nitrogens with zero attached hydrogens (tertiary/aromatic N) is 1. The fraction of sp³-hybridized carbons (Fsp3) is 0.375. The van der Waals surface area contributed by atoms with Crippen molar-refractivity contribution in [3.8, 4) is 0 Å². The quantitative estimate of drug-likeness (QED) is 0.806. The monoisotopic (exact) mass is 350 g/mol. The normalized spacial score (nSPS) is 16.4. The van der Waals surface area contributed by atoms with Crippen LogP contribution in [-0.2, 0) is 0 Å². The number of hydrogen-bond donors (Lipinski definition) is 1. The molecule has 1 atom stereocenters. The van der Waals surface area contributed by atoms with E-state index in [4.69, 9.17) is 0 Å². The third-order valence-corrected chi connectivity index (χ3v) is 5.53. The summed E-state index contributed by atoms with van der Waals surface area (Å²) in [7, 11) is 0. The molecule has 0 bridgehead atoms. The van der Waals surface area contributed by atoms with Gasteiger partial charge in [0, 0.05) is 29.3 Å². The van der Waals surface area contributed by atoms with Gasteiger partial charge in [0.05, 0.1) is 9.83 Å². The first-order valence-corrected chi connectivity index (χ1v) is 8.70. The number of benzene rings is 1. The number of nitrogens with one attached hydrogen (secondary N) is 1. The molecule has 0 aliphatic carbocycles. The molecule has 1 aliphatic heterocycles. The van der Waals surface area contributed by atoms with Gasteiger partial charge >= 0.3 is 0 Å². The number of anilines is 2. The summed E-state index contributed by atoms with van der Waals surface area (Å²) in [5.41, 5.74) is 2.54. The summed E-state index contributed by atoms with van der Waals surface area (Å²) >= 11 is 5.31. The minimum atomic E-state index is 0.333. The van der Waals surface area contributed by atoms with Gasteiger partial charge in [0.1, 0.15) is 0 Å². The van der Waals surface area contributed by atoms with E-state index in [2.05, 4.69) is 69.5 Å². The van der Waals surface area contributed by atoms with Crippen molar-refractivity contribution in [3.63, 3.8) is 0 Å². The molecule has 106 valence electrons. The van der Waals surface area contributed by atoms with Gasteiger partial charge in [-0.3, -0.25) is 0 Å². The Morgan fingerprint density at radius 1 is 1.20 bits per heavy atom. The molecule has 1 unspecified atom stereocenters. The lowest BCUT2D eigenvalue weighted by Gasteiger charge is -2.20. The molecule has 1 fully saturated rings. The molecule has 0 spiro atoms. The molecular weight excluding hydrogens is 332 g/mol. The molecule has 2 aromatic rings. The van der Waals surface area contributed by atoms with Crippen molar-refractivity contribution < 1.29 is 0 Å². The predicted molar refractivity (Wildman–Crippen MR) is 91.9 cm³/mol. The molecule has 1 aliphatic rings. The van der Waals surface area contributed by atoms with Crippen LogP contribution in [0.3, 0.4) is 0 Å². The van der Waals surface area contributed by atoms with Crippen LogP contribution in [-0.4, -0.2) is 13.1 Å². The third-order valence-electron chi connectivity index (χ3n) is 3.72. The zero-order chi connectivity index (χ0) is 13.9. The molecule has 0 radical (unpaired) electrons. The molecule has 2 heterocycles. The van der Waals surface area contributed by atoms with Gasteiger partial charge in [-0.05, 0) is 66.0 Å². The van der Waals surface area contributed by atoms with Crippen molar-refractivity contribution in [2.45, 2.75) is 25.8 Å². The summed E-state index contributed by atoms with van der Waals surface area (Å²) in [6, 6.07) is 13.4. The lowest BCUT2D eigenvalue weighted by molar-refractivity contribution is 0.906. The zero-order valence-electron chi connectivity index (χ0n) is 11.6. The van der Waals surface area contributed by atoms with E-state index in [9.17, 15) is 0 Å². The summed E-state index contributed by atoms with van der Waals surface area (Å²) in [5.74, 6) is 0. The molecule has 0 amide bonds. The standard InChI is InChI=1S/C16H19BrN2S/c1-12(15-7-8-16(17)20-15)18-13-5-4-6-14(11-13)19-9-2-3-10-19/h4-8,11-12,18H,2-3,9-10H2,1H3. The first-order chi connectivity index (χ1) is 9.72. The van der Waals surface area contributed by atoms with Crippen LogP contribution in [0.5, 0.6) is 0 Å². The van der Waals surface area contributed by atoms with Crippen molar-refractivity contribution in [2.75, 3.05) is 23.3 Å². The second kappa shape index (κ2) is 6.19. The summed E-state index contributed by atoms with van der Waals surface area (Å²) in [5, 5.41) is 3.60. The van der Waals surface area contributed by atoms with Crippen LogP contribution in [0.15, 0.2) is 40.2 Å². The third kappa shape index (κ3) is 3.18. The minimum Gasteiger partial charge on any atom is -0.378 e. The minimum absolute atomic E-state index is 0.333.